The first-order valence-electron chi connectivity index (χ1n) is 12.9. The molecule has 0 N–H and O–H groups in total. The molecule has 0 saturated heterocycles. The number of benzene rings is 4. The van der Waals surface area contributed by atoms with E-state index in [0.29, 0.717) is 5.39 Å². The van der Waals surface area contributed by atoms with Gasteiger partial charge in [0.2, 0.25) is 0 Å². The molecule has 0 unspecified atom stereocenters. The van der Waals surface area contributed by atoms with Crippen molar-refractivity contribution in [2.45, 2.75) is 32.1 Å². The maximum Gasteiger partial charge on any atom is 0.264 e. The van der Waals surface area contributed by atoms with E-state index in [0.717, 1.165) is 17.6 Å². The van der Waals surface area contributed by atoms with Gasteiger partial charge in [-0.2, -0.15) is 0 Å². The molecule has 39 heavy (non-hydrogen) atoms. The highest BCUT2D eigenvalue weighted by molar-refractivity contribution is 7.90. The van der Waals surface area contributed by atoms with Gasteiger partial charge in [0.15, 0.2) is 0 Å². The number of fused-ring (bicyclic) bond motifs is 2. The van der Waals surface area contributed by atoms with Crippen molar-refractivity contribution in [2.24, 2.45) is 4.52 Å². The monoisotopic (exact) mass is 548 g/mol. The molecule has 0 spiro atoms. The van der Waals surface area contributed by atoms with E-state index in [1.54, 1.807) is 18.2 Å². The van der Waals surface area contributed by atoms with Gasteiger partial charge in [-0.1, -0.05) is 68.8 Å². The maximum atomic E-state index is 11.9. The summed E-state index contributed by atoms with van der Waals surface area (Å²) in [5.41, 5.74) is 11.8. The Hall–Kier alpha value is -3.94. The number of nitrogens with zero attached hydrogens (tertiary/aromatic N) is 6. The number of sulfonamides is 1. The first kappa shape index (κ1) is 31.3. The zero-order valence-electron chi connectivity index (χ0n) is 24.3. The molecule has 0 bridgehead atoms. The standard InChI is InChI=1S/C15H20N2.C12H12N4O2S.C3H8/c1-5-17(4)15-11-7-8-12-13(15)9-6-10-14(12)16(2)3;1-16(2)11-7-3-6-10-9(11)5-4-8-12(10)19(17,18)15-14-13;1-3-2/h6-11H,5H2,1-4H3;3-8H,1-2H3;3H2,1-2H3. The third-order valence-electron chi connectivity index (χ3n) is 6.01. The summed E-state index contributed by atoms with van der Waals surface area (Å²) in [6.45, 7) is 7.44. The molecule has 208 valence electrons. The van der Waals surface area contributed by atoms with Crippen LogP contribution >= 0.6 is 0 Å². The topological polar surface area (TPSA) is 92.6 Å². The normalized spacial score (nSPS) is 10.5. The fourth-order valence-electron chi connectivity index (χ4n) is 4.14. The number of hydrogen-bond donors (Lipinski definition) is 0. The Labute approximate surface area is 233 Å². The Morgan fingerprint density at radius 2 is 1.05 bits per heavy atom. The van der Waals surface area contributed by atoms with Gasteiger partial charge in [-0.25, -0.2) is 8.42 Å². The summed E-state index contributed by atoms with van der Waals surface area (Å²) in [4.78, 5) is 8.73. The summed E-state index contributed by atoms with van der Waals surface area (Å²) in [6, 6.07) is 23.3. The lowest BCUT2D eigenvalue weighted by atomic mass is 10.1. The summed E-state index contributed by atoms with van der Waals surface area (Å²) in [5, 5.41) is 3.97. The molecular weight excluding hydrogens is 508 g/mol. The quantitative estimate of drug-likeness (QED) is 0.140. The highest BCUT2D eigenvalue weighted by Crippen LogP contribution is 2.32. The second-order valence-corrected chi connectivity index (χ2v) is 11.0. The first-order valence-corrected chi connectivity index (χ1v) is 14.4. The van der Waals surface area contributed by atoms with Crippen LogP contribution in [0.3, 0.4) is 0 Å². The molecular formula is C30H40N6O2S. The SMILES string of the molecule is CCC.CCN(C)c1cccc2c(N(C)C)cccc12.CN(C)c1cccc2c(S(=O)(=O)N=[N+]=[N-])cccc12. The van der Waals surface area contributed by atoms with Crippen molar-refractivity contribution in [1.82, 2.24) is 0 Å². The van der Waals surface area contributed by atoms with Crippen LogP contribution in [0.1, 0.15) is 27.2 Å². The minimum Gasteiger partial charge on any atom is -0.377 e. The van der Waals surface area contributed by atoms with E-state index in [1.165, 1.54) is 34.6 Å². The summed E-state index contributed by atoms with van der Waals surface area (Å²) in [6.07, 6.45) is 1.25. The van der Waals surface area contributed by atoms with E-state index < -0.39 is 10.0 Å². The van der Waals surface area contributed by atoms with Gasteiger partial charge in [-0.05, 0) is 36.7 Å². The molecule has 0 fully saturated rings. The predicted octanol–water partition coefficient (Wildman–Crippen LogP) is 7.68. The van der Waals surface area contributed by atoms with Crippen LogP contribution in [0.5, 0.6) is 0 Å². The van der Waals surface area contributed by atoms with Crippen LogP contribution in [-0.4, -0.2) is 50.2 Å². The molecule has 0 atom stereocenters. The highest BCUT2D eigenvalue weighted by atomic mass is 32.2. The largest absolute Gasteiger partial charge is 0.377 e. The molecule has 0 aromatic heterocycles. The van der Waals surface area contributed by atoms with E-state index in [9.17, 15) is 8.42 Å². The van der Waals surface area contributed by atoms with E-state index in [2.05, 4.69) is 97.5 Å². The molecule has 0 radical (unpaired) electrons. The van der Waals surface area contributed by atoms with Gasteiger partial charge in [-0.3, -0.25) is 0 Å². The zero-order chi connectivity index (χ0) is 29.2. The number of rotatable bonds is 6. The van der Waals surface area contributed by atoms with Gasteiger partial charge >= 0.3 is 0 Å². The van der Waals surface area contributed by atoms with Crippen molar-refractivity contribution >= 4 is 48.6 Å². The van der Waals surface area contributed by atoms with Crippen molar-refractivity contribution in [3.63, 3.8) is 0 Å². The van der Waals surface area contributed by atoms with Crippen LogP contribution < -0.4 is 14.7 Å². The van der Waals surface area contributed by atoms with Crippen molar-refractivity contribution in [2.75, 3.05) is 56.5 Å². The molecule has 0 aliphatic carbocycles. The average Bonchev–Trinajstić information content (AvgIpc) is 2.91. The third kappa shape index (κ3) is 7.56. The molecule has 9 heteroatoms. The fourth-order valence-corrected chi connectivity index (χ4v) is 5.03. The molecule has 0 aliphatic heterocycles. The van der Waals surface area contributed by atoms with Gasteiger partial charge in [0.1, 0.15) is 0 Å². The summed E-state index contributed by atoms with van der Waals surface area (Å²) >= 11 is 0. The molecule has 0 amide bonds. The molecule has 4 aromatic rings. The lowest BCUT2D eigenvalue weighted by Gasteiger charge is -2.21. The Morgan fingerprint density at radius 1 is 0.667 bits per heavy atom. The first-order chi connectivity index (χ1) is 18.5. The lowest BCUT2D eigenvalue weighted by Crippen LogP contribution is -2.16. The van der Waals surface area contributed by atoms with Crippen LogP contribution in [-0.2, 0) is 10.0 Å². The van der Waals surface area contributed by atoms with E-state index >= 15 is 0 Å². The third-order valence-corrected chi connectivity index (χ3v) is 7.21. The number of hydrogen-bond acceptors (Lipinski definition) is 5. The predicted molar refractivity (Wildman–Crippen MR) is 168 cm³/mol. The maximum absolute atomic E-state index is 11.9. The van der Waals surface area contributed by atoms with Gasteiger partial charge < -0.3 is 14.7 Å². The second kappa shape index (κ2) is 14.3. The number of azide groups is 1. The fraction of sp³-hybridized carbons (Fsp3) is 0.333. The molecule has 8 nitrogen and oxygen atoms in total. The molecule has 4 rings (SSSR count). The van der Waals surface area contributed by atoms with E-state index in [1.807, 2.05) is 31.1 Å². The van der Waals surface area contributed by atoms with Gasteiger partial charge in [0, 0.05) is 89.8 Å². The minimum atomic E-state index is -3.99. The van der Waals surface area contributed by atoms with Crippen molar-refractivity contribution in [3.8, 4) is 0 Å². The summed E-state index contributed by atoms with van der Waals surface area (Å²) < 4.78 is 26.7. The minimum absolute atomic E-state index is 0.0199. The highest BCUT2D eigenvalue weighted by Gasteiger charge is 2.17. The molecule has 4 aromatic carbocycles. The van der Waals surface area contributed by atoms with Crippen LogP contribution in [0.25, 0.3) is 32.0 Å². The van der Waals surface area contributed by atoms with Crippen LogP contribution in [0.15, 0.2) is 82.2 Å². The average molecular weight is 549 g/mol. The Balaban J connectivity index is 0.000000250. The van der Waals surface area contributed by atoms with Crippen molar-refractivity contribution in [1.29, 1.82) is 0 Å². The van der Waals surface area contributed by atoms with E-state index in [-0.39, 0.29) is 4.90 Å². The Bertz CT molecular complexity index is 1540. The smallest absolute Gasteiger partial charge is 0.264 e. The van der Waals surface area contributed by atoms with Crippen LogP contribution in [0, 0.1) is 0 Å². The number of anilines is 3. The van der Waals surface area contributed by atoms with Crippen molar-refractivity contribution < 1.29 is 8.42 Å². The van der Waals surface area contributed by atoms with Crippen LogP contribution in [0.2, 0.25) is 0 Å². The van der Waals surface area contributed by atoms with Crippen LogP contribution in [0.4, 0.5) is 17.1 Å². The Morgan fingerprint density at radius 3 is 1.49 bits per heavy atom. The summed E-state index contributed by atoms with van der Waals surface area (Å²) in [5.74, 6) is 0. The lowest BCUT2D eigenvalue weighted by molar-refractivity contribution is 0.598. The molecule has 0 aliphatic rings. The molecule has 0 saturated carbocycles. The Kier molecular flexibility index (Phi) is 11.5. The van der Waals surface area contributed by atoms with E-state index in [4.69, 9.17) is 5.53 Å². The molecule has 0 heterocycles. The zero-order valence-corrected chi connectivity index (χ0v) is 25.1. The second-order valence-electron chi connectivity index (χ2n) is 9.43. The van der Waals surface area contributed by atoms with Gasteiger partial charge in [0.05, 0.1) is 4.90 Å². The van der Waals surface area contributed by atoms with Gasteiger partial charge in [0.25, 0.3) is 10.0 Å². The van der Waals surface area contributed by atoms with Gasteiger partial charge in [-0.15, -0.1) is 0 Å². The summed E-state index contributed by atoms with van der Waals surface area (Å²) in [7, 11) is 6.08. The van der Waals surface area contributed by atoms with Crippen molar-refractivity contribution in [3.05, 3.63) is 83.2 Å².